The third kappa shape index (κ3) is 2.93. The van der Waals surface area contributed by atoms with Crippen LogP contribution in [0.1, 0.15) is 11.1 Å². The standard InChI is InChI=1S/C14H13ClFNO/c1-9-5-10(16)7-11(6-9)17-8-12-13(15)3-2-4-14(12)18/h2-7,17-18H,8H2,1H3. The van der Waals surface area contributed by atoms with Crippen molar-refractivity contribution in [3.63, 3.8) is 0 Å². The van der Waals surface area contributed by atoms with Gasteiger partial charge >= 0.3 is 0 Å². The summed E-state index contributed by atoms with van der Waals surface area (Å²) in [6, 6.07) is 9.64. The average molecular weight is 266 g/mol. The Labute approximate surface area is 110 Å². The van der Waals surface area contributed by atoms with Crippen LogP contribution in [0.3, 0.4) is 0 Å². The summed E-state index contributed by atoms with van der Waals surface area (Å²) < 4.78 is 13.2. The molecule has 0 saturated carbocycles. The summed E-state index contributed by atoms with van der Waals surface area (Å²) in [7, 11) is 0. The van der Waals surface area contributed by atoms with E-state index in [0.717, 1.165) is 5.56 Å². The highest BCUT2D eigenvalue weighted by atomic mass is 35.5. The third-order valence-electron chi connectivity index (χ3n) is 2.61. The van der Waals surface area contributed by atoms with Crippen molar-refractivity contribution in [2.45, 2.75) is 13.5 Å². The molecule has 0 aliphatic heterocycles. The van der Waals surface area contributed by atoms with E-state index >= 15 is 0 Å². The first-order valence-electron chi connectivity index (χ1n) is 5.53. The number of aromatic hydroxyl groups is 1. The minimum absolute atomic E-state index is 0.128. The van der Waals surface area contributed by atoms with Gasteiger partial charge in [-0.2, -0.15) is 0 Å². The molecule has 0 spiro atoms. The molecule has 0 unspecified atom stereocenters. The second-order valence-electron chi connectivity index (χ2n) is 4.11. The number of hydrogen-bond donors (Lipinski definition) is 2. The summed E-state index contributed by atoms with van der Waals surface area (Å²) >= 11 is 5.98. The first kappa shape index (κ1) is 12.7. The van der Waals surface area contributed by atoms with E-state index < -0.39 is 0 Å². The van der Waals surface area contributed by atoms with E-state index in [0.29, 0.717) is 22.8 Å². The average Bonchev–Trinajstić information content (AvgIpc) is 2.27. The summed E-state index contributed by atoms with van der Waals surface area (Å²) in [5.74, 6) is -0.163. The summed E-state index contributed by atoms with van der Waals surface area (Å²) in [6.07, 6.45) is 0. The number of anilines is 1. The molecule has 2 N–H and O–H groups in total. The largest absolute Gasteiger partial charge is 0.508 e. The van der Waals surface area contributed by atoms with Gasteiger partial charge in [0.25, 0.3) is 0 Å². The Morgan fingerprint density at radius 2 is 2.06 bits per heavy atom. The topological polar surface area (TPSA) is 32.3 Å². The van der Waals surface area contributed by atoms with Crippen LogP contribution in [0.25, 0.3) is 0 Å². The molecule has 18 heavy (non-hydrogen) atoms. The van der Waals surface area contributed by atoms with E-state index in [1.165, 1.54) is 12.1 Å². The zero-order valence-corrected chi connectivity index (χ0v) is 10.6. The molecule has 0 atom stereocenters. The number of hydrogen-bond acceptors (Lipinski definition) is 2. The maximum atomic E-state index is 13.2. The summed E-state index contributed by atoms with van der Waals surface area (Å²) in [4.78, 5) is 0. The van der Waals surface area contributed by atoms with Crippen LogP contribution in [0.4, 0.5) is 10.1 Å². The lowest BCUT2D eigenvalue weighted by Crippen LogP contribution is -2.01. The van der Waals surface area contributed by atoms with Crippen molar-refractivity contribution < 1.29 is 9.50 Å². The first-order valence-corrected chi connectivity index (χ1v) is 5.91. The Kier molecular flexibility index (Phi) is 3.72. The Morgan fingerprint density at radius 1 is 1.28 bits per heavy atom. The second-order valence-corrected chi connectivity index (χ2v) is 4.52. The predicted octanol–water partition coefficient (Wildman–Crippen LogP) is 4.11. The summed E-state index contributed by atoms with van der Waals surface area (Å²) in [5, 5.41) is 13.2. The molecule has 0 fully saturated rings. The molecule has 0 radical (unpaired) electrons. The molecule has 0 aliphatic carbocycles. The van der Waals surface area contributed by atoms with E-state index in [-0.39, 0.29) is 11.6 Å². The monoisotopic (exact) mass is 265 g/mol. The maximum absolute atomic E-state index is 13.2. The lowest BCUT2D eigenvalue weighted by atomic mass is 10.1. The molecule has 2 aromatic carbocycles. The lowest BCUT2D eigenvalue weighted by Gasteiger charge is -2.10. The van der Waals surface area contributed by atoms with Gasteiger partial charge in [0.15, 0.2) is 0 Å². The highest BCUT2D eigenvalue weighted by Crippen LogP contribution is 2.26. The maximum Gasteiger partial charge on any atom is 0.125 e. The molecule has 0 aromatic heterocycles. The zero-order valence-electron chi connectivity index (χ0n) is 9.87. The third-order valence-corrected chi connectivity index (χ3v) is 2.96. The van der Waals surface area contributed by atoms with E-state index in [2.05, 4.69) is 5.32 Å². The number of phenols is 1. The number of benzene rings is 2. The predicted molar refractivity (Wildman–Crippen MR) is 71.6 cm³/mol. The summed E-state index contributed by atoms with van der Waals surface area (Å²) in [6.45, 7) is 2.16. The first-order chi connectivity index (χ1) is 8.56. The van der Waals surface area contributed by atoms with Crippen molar-refractivity contribution in [3.05, 3.63) is 58.4 Å². The molecule has 0 amide bonds. The lowest BCUT2D eigenvalue weighted by molar-refractivity contribution is 0.469. The Hall–Kier alpha value is -1.74. The van der Waals surface area contributed by atoms with Crippen LogP contribution in [0, 0.1) is 12.7 Å². The summed E-state index contributed by atoms with van der Waals surface area (Å²) in [5.41, 5.74) is 2.09. The molecular weight excluding hydrogens is 253 g/mol. The molecule has 0 saturated heterocycles. The van der Waals surface area contributed by atoms with Gasteiger partial charge in [0.2, 0.25) is 0 Å². The van der Waals surface area contributed by atoms with Crippen LogP contribution in [-0.4, -0.2) is 5.11 Å². The van der Waals surface area contributed by atoms with Gasteiger partial charge < -0.3 is 10.4 Å². The quantitative estimate of drug-likeness (QED) is 0.875. The van der Waals surface area contributed by atoms with Crippen molar-refractivity contribution >= 4 is 17.3 Å². The zero-order chi connectivity index (χ0) is 13.1. The normalized spacial score (nSPS) is 10.4. The van der Waals surface area contributed by atoms with Crippen LogP contribution >= 0.6 is 11.6 Å². The highest BCUT2D eigenvalue weighted by Gasteiger charge is 2.06. The molecular formula is C14H13ClFNO. The fourth-order valence-corrected chi connectivity index (χ4v) is 1.99. The van der Waals surface area contributed by atoms with Crippen LogP contribution in [0.15, 0.2) is 36.4 Å². The molecule has 94 valence electrons. The van der Waals surface area contributed by atoms with Crippen LogP contribution in [0.5, 0.6) is 5.75 Å². The highest BCUT2D eigenvalue weighted by molar-refractivity contribution is 6.31. The molecule has 2 aromatic rings. The molecule has 0 aliphatic rings. The van der Waals surface area contributed by atoms with Crippen LogP contribution < -0.4 is 5.32 Å². The Bertz CT molecular complexity index is 531. The van der Waals surface area contributed by atoms with Gasteiger partial charge in [0.1, 0.15) is 11.6 Å². The van der Waals surface area contributed by atoms with Gasteiger partial charge in [0.05, 0.1) is 0 Å². The molecule has 0 heterocycles. The van der Waals surface area contributed by atoms with Crippen LogP contribution in [0.2, 0.25) is 5.02 Å². The van der Waals surface area contributed by atoms with E-state index in [1.54, 1.807) is 18.2 Å². The van der Waals surface area contributed by atoms with E-state index in [4.69, 9.17) is 11.6 Å². The second kappa shape index (κ2) is 5.27. The van der Waals surface area contributed by atoms with Crippen molar-refractivity contribution in [1.82, 2.24) is 0 Å². The molecule has 0 bridgehead atoms. The Balaban J connectivity index is 2.16. The minimum atomic E-state index is -0.291. The van der Waals surface area contributed by atoms with E-state index in [1.807, 2.05) is 13.0 Å². The van der Waals surface area contributed by atoms with Gasteiger partial charge in [0, 0.05) is 22.8 Å². The van der Waals surface area contributed by atoms with Crippen molar-refractivity contribution in [1.29, 1.82) is 0 Å². The molecule has 2 nitrogen and oxygen atoms in total. The number of aryl methyl sites for hydroxylation is 1. The molecule has 4 heteroatoms. The van der Waals surface area contributed by atoms with Gasteiger partial charge in [-0.1, -0.05) is 17.7 Å². The fourth-order valence-electron chi connectivity index (χ4n) is 1.75. The van der Waals surface area contributed by atoms with Gasteiger partial charge in [-0.25, -0.2) is 4.39 Å². The van der Waals surface area contributed by atoms with Gasteiger partial charge in [-0.05, 0) is 42.8 Å². The van der Waals surface area contributed by atoms with Crippen LogP contribution in [-0.2, 0) is 6.54 Å². The Morgan fingerprint density at radius 3 is 2.72 bits per heavy atom. The molecule has 2 rings (SSSR count). The number of phenolic OH excluding ortho intramolecular Hbond substituents is 1. The van der Waals surface area contributed by atoms with Gasteiger partial charge in [-0.15, -0.1) is 0 Å². The van der Waals surface area contributed by atoms with Crippen molar-refractivity contribution in [2.24, 2.45) is 0 Å². The SMILES string of the molecule is Cc1cc(F)cc(NCc2c(O)cccc2Cl)c1. The number of halogens is 2. The van der Waals surface area contributed by atoms with Crippen molar-refractivity contribution in [3.8, 4) is 5.75 Å². The van der Waals surface area contributed by atoms with Gasteiger partial charge in [-0.3, -0.25) is 0 Å². The number of nitrogens with one attached hydrogen (secondary N) is 1. The van der Waals surface area contributed by atoms with E-state index in [9.17, 15) is 9.50 Å². The van der Waals surface area contributed by atoms with Crippen molar-refractivity contribution in [2.75, 3.05) is 5.32 Å². The minimum Gasteiger partial charge on any atom is -0.508 e. The smallest absolute Gasteiger partial charge is 0.125 e. The number of rotatable bonds is 3. The fraction of sp³-hybridized carbons (Fsp3) is 0.143.